The van der Waals surface area contributed by atoms with Gasteiger partial charge in [0.25, 0.3) is 0 Å². The second kappa shape index (κ2) is 6.57. The molecule has 0 aliphatic carbocycles. The fraction of sp³-hybridized carbons (Fsp3) is 0.474. The largest absolute Gasteiger partial charge is 0.445 e. The maximum Gasteiger partial charge on any atom is 0.224 e. The van der Waals surface area contributed by atoms with Crippen LogP contribution in [0.1, 0.15) is 55.7 Å². The summed E-state index contributed by atoms with van der Waals surface area (Å²) in [6.45, 7) is 12.1. The van der Waals surface area contributed by atoms with E-state index in [1.54, 1.807) is 0 Å². The Morgan fingerprint density at radius 2 is 1.78 bits per heavy atom. The van der Waals surface area contributed by atoms with Gasteiger partial charge < -0.3 is 9.73 Å². The number of anilines is 1. The van der Waals surface area contributed by atoms with E-state index in [1.165, 1.54) is 0 Å². The summed E-state index contributed by atoms with van der Waals surface area (Å²) in [6.07, 6.45) is 0.944. The van der Waals surface area contributed by atoms with E-state index < -0.39 is 0 Å². The van der Waals surface area contributed by atoms with Gasteiger partial charge >= 0.3 is 0 Å². The highest BCUT2D eigenvalue weighted by atomic mass is 16.4. The number of nitrogens with one attached hydrogen (secondary N) is 1. The van der Waals surface area contributed by atoms with Crippen molar-refractivity contribution in [3.8, 4) is 0 Å². The summed E-state index contributed by atoms with van der Waals surface area (Å²) in [6, 6.07) is 5.99. The van der Waals surface area contributed by atoms with E-state index in [0.717, 1.165) is 34.2 Å². The van der Waals surface area contributed by atoms with Crippen molar-refractivity contribution in [2.24, 2.45) is 0 Å². The third-order valence-electron chi connectivity index (χ3n) is 3.86. The van der Waals surface area contributed by atoms with Crippen molar-refractivity contribution < 1.29 is 9.21 Å². The van der Waals surface area contributed by atoms with E-state index in [0.29, 0.717) is 12.8 Å². The Hall–Kier alpha value is -2.10. The molecule has 0 fully saturated rings. The van der Waals surface area contributed by atoms with Gasteiger partial charge in [0.15, 0.2) is 5.89 Å². The molecule has 2 rings (SSSR count). The highest BCUT2D eigenvalue weighted by molar-refractivity contribution is 5.92. The first-order chi connectivity index (χ1) is 10.7. The Bertz CT molecular complexity index is 688. The molecule has 4 nitrogen and oxygen atoms in total. The number of carbonyl (C=O) groups excluding carboxylic acids is 1. The zero-order chi connectivity index (χ0) is 17.2. The molecule has 124 valence electrons. The number of nitrogens with zero attached hydrogens (tertiary/aromatic N) is 1. The third kappa shape index (κ3) is 4.21. The zero-order valence-electron chi connectivity index (χ0n) is 14.9. The summed E-state index contributed by atoms with van der Waals surface area (Å²) in [5.41, 5.74) is 3.80. The average molecular weight is 314 g/mol. The molecule has 0 spiro atoms. The number of carbonyl (C=O) groups is 1. The number of hydrogen-bond donors (Lipinski definition) is 1. The maximum absolute atomic E-state index is 12.2. The molecule has 0 aliphatic rings. The number of aromatic nitrogens is 1. The van der Waals surface area contributed by atoms with Gasteiger partial charge in [-0.05, 0) is 31.9 Å². The third-order valence-corrected chi connectivity index (χ3v) is 3.86. The highest BCUT2D eigenvalue weighted by Crippen LogP contribution is 2.25. The fourth-order valence-corrected chi connectivity index (χ4v) is 2.42. The van der Waals surface area contributed by atoms with E-state index >= 15 is 0 Å². The topological polar surface area (TPSA) is 55.1 Å². The van der Waals surface area contributed by atoms with Crippen LogP contribution < -0.4 is 5.32 Å². The molecule has 1 amide bonds. The van der Waals surface area contributed by atoms with Crippen LogP contribution >= 0.6 is 0 Å². The van der Waals surface area contributed by atoms with Gasteiger partial charge in [0.05, 0.1) is 5.69 Å². The number of hydrogen-bond acceptors (Lipinski definition) is 3. The van der Waals surface area contributed by atoms with E-state index in [1.807, 2.05) is 39.0 Å². The number of benzene rings is 1. The lowest BCUT2D eigenvalue weighted by Crippen LogP contribution is -2.14. The van der Waals surface area contributed by atoms with Crippen LogP contribution in [0.2, 0.25) is 0 Å². The Morgan fingerprint density at radius 3 is 2.30 bits per heavy atom. The first kappa shape index (κ1) is 17.3. The zero-order valence-corrected chi connectivity index (χ0v) is 14.9. The minimum absolute atomic E-state index is 0.00416. The Labute approximate surface area is 138 Å². The van der Waals surface area contributed by atoms with Crippen molar-refractivity contribution in [2.45, 2.75) is 59.8 Å². The molecule has 1 aromatic carbocycles. The van der Waals surface area contributed by atoms with Gasteiger partial charge in [-0.3, -0.25) is 4.79 Å². The number of aryl methyl sites for hydroxylation is 4. The van der Waals surface area contributed by atoms with Crippen molar-refractivity contribution >= 4 is 11.6 Å². The molecule has 23 heavy (non-hydrogen) atoms. The van der Waals surface area contributed by atoms with Crippen LogP contribution in [-0.2, 0) is 16.6 Å². The van der Waals surface area contributed by atoms with Gasteiger partial charge in [-0.1, -0.05) is 39.0 Å². The Kier molecular flexibility index (Phi) is 4.93. The predicted octanol–water partition coefficient (Wildman–Crippen LogP) is 4.47. The molecule has 0 unspecified atom stereocenters. The molecule has 0 radical (unpaired) electrons. The van der Waals surface area contributed by atoms with E-state index in [-0.39, 0.29) is 11.3 Å². The summed E-state index contributed by atoms with van der Waals surface area (Å²) >= 11 is 0. The summed E-state index contributed by atoms with van der Waals surface area (Å²) in [7, 11) is 0. The normalized spacial score (nSPS) is 11.6. The highest BCUT2D eigenvalue weighted by Gasteiger charge is 2.22. The SMILES string of the molecule is Cc1cccc(C)c1NC(=O)CCc1oc(C(C)(C)C)nc1C. The molecule has 4 heteroatoms. The molecule has 1 N–H and O–H groups in total. The van der Waals surface area contributed by atoms with Crippen LogP contribution in [0.5, 0.6) is 0 Å². The number of amides is 1. The minimum atomic E-state index is -0.121. The molecule has 2 aromatic rings. The molecule has 0 aliphatic heterocycles. The monoisotopic (exact) mass is 314 g/mol. The lowest BCUT2D eigenvalue weighted by molar-refractivity contribution is -0.116. The number of oxazole rings is 1. The second-order valence-corrected chi connectivity index (χ2v) is 7.09. The smallest absolute Gasteiger partial charge is 0.224 e. The first-order valence-corrected chi connectivity index (χ1v) is 8.01. The number of para-hydroxylation sites is 1. The lowest BCUT2D eigenvalue weighted by atomic mass is 9.97. The standard InChI is InChI=1S/C19H26N2O2/c1-12-8-7-9-13(2)17(12)21-16(22)11-10-15-14(3)20-18(23-15)19(4,5)6/h7-9H,10-11H2,1-6H3,(H,21,22). The van der Waals surface area contributed by atoms with Gasteiger partial charge in [-0.2, -0.15) is 0 Å². The van der Waals surface area contributed by atoms with Gasteiger partial charge in [0.1, 0.15) is 5.76 Å². The molecule has 0 bridgehead atoms. The van der Waals surface area contributed by atoms with Gasteiger partial charge in [0.2, 0.25) is 5.91 Å². The number of rotatable bonds is 4. The molecular weight excluding hydrogens is 288 g/mol. The van der Waals surface area contributed by atoms with Crippen LogP contribution in [0, 0.1) is 20.8 Å². The molecule has 0 atom stereocenters. The van der Waals surface area contributed by atoms with Crippen LogP contribution in [0.3, 0.4) is 0 Å². The van der Waals surface area contributed by atoms with Crippen LogP contribution in [0.4, 0.5) is 5.69 Å². The summed E-state index contributed by atoms with van der Waals surface area (Å²) in [5, 5.41) is 3.00. The van der Waals surface area contributed by atoms with Gasteiger partial charge in [-0.15, -0.1) is 0 Å². The maximum atomic E-state index is 12.2. The lowest BCUT2D eigenvalue weighted by Gasteiger charge is -2.12. The van der Waals surface area contributed by atoms with Crippen LogP contribution in [0.15, 0.2) is 22.6 Å². The van der Waals surface area contributed by atoms with E-state index in [9.17, 15) is 4.79 Å². The second-order valence-electron chi connectivity index (χ2n) is 7.09. The van der Waals surface area contributed by atoms with E-state index in [2.05, 4.69) is 31.1 Å². The van der Waals surface area contributed by atoms with Gasteiger partial charge in [0, 0.05) is 23.9 Å². The van der Waals surface area contributed by atoms with Crippen molar-refractivity contribution in [3.63, 3.8) is 0 Å². The Balaban J connectivity index is 2.01. The van der Waals surface area contributed by atoms with Crippen molar-refractivity contribution in [1.82, 2.24) is 4.98 Å². The quantitative estimate of drug-likeness (QED) is 0.906. The fourth-order valence-electron chi connectivity index (χ4n) is 2.42. The van der Waals surface area contributed by atoms with Crippen molar-refractivity contribution in [2.75, 3.05) is 5.32 Å². The first-order valence-electron chi connectivity index (χ1n) is 8.01. The molecule has 0 saturated carbocycles. The predicted molar refractivity (Wildman–Crippen MR) is 92.8 cm³/mol. The summed E-state index contributed by atoms with van der Waals surface area (Å²) in [4.78, 5) is 16.7. The minimum Gasteiger partial charge on any atom is -0.445 e. The van der Waals surface area contributed by atoms with Crippen molar-refractivity contribution in [3.05, 3.63) is 46.7 Å². The van der Waals surface area contributed by atoms with Gasteiger partial charge in [-0.25, -0.2) is 4.98 Å². The summed E-state index contributed by atoms with van der Waals surface area (Å²) in [5.74, 6) is 1.52. The van der Waals surface area contributed by atoms with Crippen molar-refractivity contribution in [1.29, 1.82) is 0 Å². The van der Waals surface area contributed by atoms with E-state index in [4.69, 9.17) is 4.42 Å². The molecular formula is C19H26N2O2. The summed E-state index contributed by atoms with van der Waals surface area (Å²) < 4.78 is 5.84. The van der Waals surface area contributed by atoms with Crippen LogP contribution in [0.25, 0.3) is 0 Å². The molecule has 1 heterocycles. The van der Waals surface area contributed by atoms with Crippen LogP contribution in [-0.4, -0.2) is 10.9 Å². The molecule has 0 saturated heterocycles. The average Bonchev–Trinajstić information content (AvgIpc) is 2.82. The Morgan fingerprint density at radius 1 is 1.17 bits per heavy atom. The molecule has 1 aromatic heterocycles.